The van der Waals surface area contributed by atoms with E-state index in [1.54, 1.807) is 30.3 Å². The molecule has 2 amide bonds. The lowest BCUT2D eigenvalue weighted by Gasteiger charge is -2.16. The molecule has 156 valence electrons. The second-order valence-electron chi connectivity index (χ2n) is 7.29. The minimum atomic E-state index is -0.656. The van der Waals surface area contributed by atoms with Crippen LogP contribution in [0.25, 0.3) is 5.57 Å². The molecule has 0 saturated heterocycles. The van der Waals surface area contributed by atoms with Crippen LogP contribution in [0.2, 0.25) is 0 Å². The van der Waals surface area contributed by atoms with Crippen LogP contribution in [-0.4, -0.2) is 18.9 Å². The zero-order chi connectivity index (χ0) is 22.1. The van der Waals surface area contributed by atoms with Crippen LogP contribution >= 0.6 is 0 Å². The van der Waals surface area contributed by atoms with Crippen molar-refractivity contribution in [2.24, 2.45) is 0 Å². The summed E-state index contributed by atoms with van der Waals surface area (Å²) < 4.78 is 20.0. The van der Waals surface area contributed by atoms with Crippen molar-refractivity contribution >= 4 is 28.8 Å². The largest absolute Gasteiger partial charge is 0.496 e. The maximum atomic E-state index is 14.5. The molecule has 0 spiro atoms. The molecule has 4 rings (SSSR count). The molecular weight excluding hydrogens is 395 g/mol. The Balaban J connectivity index is 1.91. The van der Waals surface area contributed by atoms with Gasteiger partial charge in [0.1, 0.15) is 17.3 Å². The van der Waals surface area contributed by atoms with Crippen LogP contribution in [0.15, 0.2) is 72.4 Å². The lowest BCUT2D eigenvalue weighted by Crippen LogP contribution is -2.33. The summed E-state index contributed by atoms with van der Waals surface area (Å²) >= 11 is 0. The lowest BCUT2D eigenvalue weighted by molar-refractivity contribution is -0.120. The number of benzene rings is 3. The molecule has 0 saturated carbocycles. The van der Waals surface area contributed by atoms with Crippen LogP contribution in [0.1, 0.15) is 16.7 Å². The number of methoxy groups -OCH3 is 1. The summed E-state index contributed by atoms with van der Waals surface area (Å²) in [5.74, 6) is -1.46. The van der Waals surface area contributed by atoms with E-state index < -0.39 is 17.6 Å². The van der Waals surface area contributed by atoms with Gasteiger partial charge in [-0.3, -0.25) is 9.59 Å². The predicted molar refractivity (Wildman–Crippen MR) is 118 cm³/mol. The van der Waals surface area contributed by atoms with Gasteiger partial charge in [0.25, 0.3) is 11.8 Å². The van der Waals surface area contributed by atoms with Gasteiger partial charge >= 0.3 is 0 Å². The van der Waals surface area contributed by atoms with E-state index in [0.29, 0.717) is 17.0 Å². The molecule has 0 atom stereocenters. The molecule has 1 aliphatic heterocycles. The third-order valence-electron chi connectivity index (χ3n) is 5.21. The van der Waals surface area contributed by atoms with Crippen molar-refractivity contribution < 1.29 is 18.7 Å². The first-order valence-electron chi connectivity index (χ1n) is 9.77. The molecular formula is C25H21FN2O3. The van der Waals surface area contributed by atoms with Crippen molar-refractivity contribution in [3.05, 3.63) is 94.9 Å². The number of rotatable bonds is 5. The van der Waals surface area contributed by atoms with Gasteiger partial charge in [-0.2, -0.15) is 0 Å². The SMILES string of the molecule is COc1ccccc1C1=C(Nc2cc(C)ccc2C)C(=O)N(c2ccccc2F)C1=O. The topological polar surface area (TPSA) is 58.6 Å². The van der Waals surface area contributed by atoms with Crippen molar-refractivity contribution in [1.29, 1.82) is 0 Å². The second kappa shape index (κ2) is 8.07. The first kappa shape index (κ1) is 20.3. The average molecular weight is 416 g/mol. The Morgan fingerprint density at radius 2 is 1.61 bits per heavy atom. The fourth-order valence-electron chi connectivity index (χ4n) is 3.60. The van der Waals surface area contributed by atoms with Crippen molar-refractivity contribution in [3.63, 3.8) is 0 Å². The van der Waals surface area contributed by atoms with Gasteiger partial charge < -0.3 is 10.1 Å². The van der Waals surface area contributed by atoms with Crippen molar-refractivity contribution in [1.82, 2.24) is 0 Å². The third-order valence-corrected chi connectivity index (χ3v) is 5.21. The Kier molecular flexibility index (Phi) is 5.29. The molecule has 3 aromatic rings. The van der Waals surface area contributed by atoms with E-state index in [1.165, 1.54) is 25.3 Å². The van der Waals surface area contributed by atoms with E-state index in [2.05, 4.69) is 5.32 Å². The van der Waals surface area contributed by atoms with Gasteiger partial charge in [0, 0.05) is 11.3 Å². The predicted octanol–water partition coefficient (Wildman–Crippen LogP) is 4.85. The number of amides is 2. The van der Waals surface area contributed by atoms with Crippen LogP contribution in [0.3, 0.4) is 0 Å². The molecule has 1 aliphatic rings. The van der Waals surface area contributed by atoms with Crippen molar-refractivity contribution in [2.75, 3.05) is 17.3 Å². The summed E-state index contributed by atoms with van der Waals surface area (Å²) in [5.41, 5.74) is 3.16. The highest BCUT2D eigenvalue weighted by Gasteiger charge is 2.42. The molecule has 3 aromatic carbocycles. The van der Waals surface area contributed by atoms with Crippen molar-refractivity contribution in [3.8, 4) is 5.75 Å². The number of hydrogen-bond donors (Lipinski definition) is 1. The fourth-order valence-corrected chi connectivity index (χ4v) is 3.60. The molecule has 0 aromatic heterocycles. The Labute approximate surface area is 179 Å². The van der Waals surface area contributed by atoms with Gasteiger partial charge in [-0.1, -0.05) is 42.5 Å². The smallest absolute Gasteiger partial charge is 0.282 e. The molecule has 5 nitrogen and oxygen atoms in total. The molecule has 1 N–H and O–H groups in total. The van der Waals surface area contributed by atoms with Gasteiger partial charge in [-0.05, 0) is 49.2 Å². The summed E-state index contributed by atoms with van der Waals surface area (Å²) in [6.07, 6.45) is 0. The first-order chi connectivity index (χ1) is 14.9. The van der Waals surface area contributed by atoms with Gasteiger partial charge in [0.2, 0.25) is 0 Å². The normalized spacial score (nSPS) is 13.7. The molecule has 0 bridgehead atoms. The fraction of sp³-hybridized carbons (Fsp3) is 0.120. The monoisotopic (exact) mass is 416 g/mol. The standard InChI is InChI=1S/C25H21FN2O3/c1-15-12-13-16(2)19(14-15)27-23-22(17-8-4-7-11-21(17)31-3)24(29)28(25(23)30)20-10-6-5-9-18(20)26/h4-14,27H,1-3H3. The Morgan fingerprint density at radius 1 is 0.903 bits per heavy atom. The van der Waals surface area contributed by atoms with Gasteiger partial charge in [0.05, 0.1) is 18.4 Å². The number of carbonyl (C=O) groups excluding carboxylic acids is 2. The summed E-state index contributed by atoms with van der Waals surface area (Å²) in [6, 6.07) is 18.4. The zero-order valence-corrected chi connectivity index (χ0v) is 17.4. The second-order valence-corrected chi connectivity index (χ2v) is 7.29. The van der Waals surface area contributed by atoms with Crippen molar-refractivity contribution in [2.45, 2.75) is 13.8 Å². The van der Waals surface area contributed by atoms with E-state index >= 15 is 0 Å². The number of anilines is 2. The molecule has 0 fully saturated rings. The molecule has 0 unspecified atom stereocenters. The highest BCUT2D eigenvalue weighted by atomic mass is 19.1. The highest BCUT2D eigenvalue weighted by Crippen LogP contribution is 2.38. The number of imide groups is 1. The summed E-state index contributed by atoms with van der Waals surface area (Å²) in [5, 5.41) is 3.14. The average Bonchev–Trinajstić information content (AvgIpc) is 3.00. The quantitative estimate of drug-likeness (QED) is 0.604. The number of carbonyl (C=O) groups is 2. The van der Waals surface area contributed by atoms with Crippen LogP contribution in [0.5, 0.6) is 5.75 Å². The molecule has 1 heterocycles. The Bertz CT molecular complexity index is 1230. The molecule has 0 aliphatic carbocycles. The third kappa shape index (κ3) is 3.57. The van der Waals surface area contributed by atoms with Crippen LogP contribution in [0.4, 0.5) is 15.8 Å². The number of halogens is 1. The maximum absolute atomic E-state index is 14.5. The van der Waals surface area contributed by atoms with E-state index in [-0.39, 0.29) is 17.0 Å². The van der Waals surface area contributed by atoms with Gasteiger partial charge in [0.15, 0.2) is 0 Å². The van der Waals surface area contributed by atoms with Crippen LogP contribution < -0.4 is 15.0 Å². The van der Waals surface area contributed by atoms with Gasteiger partial charge in [-0.25, -0.2) is 9.29 Å². The van der Waals surface area contributed by atoms with Crippen LogP contribution in [0, 0.1) is 19.7 Å². The van der Waals surface area contributed by atoms with Crippen LogP contribution in [-0.2, 0) is 9.59 Å². The number of ether oxygens (including phenoxy) is 1. The number of para-hydroxylation sites is 2. The van der Waals surface area contributed by atoms with E-state index in [4.69, 9.17) is 4.74 Å². The Morgan fingerprint density at radius 3 is 2.35 bits per heavy atom. The maximum Gasteiger partial charge on any atom is 0.282 e. The first-order valence-corrected chi connectivity index (χ1v) is 9.77. The minimum absolute atomic E-state index is 0.0754. The number of aryl methyl sites for hydroxylation is 2. The molecule has 6 heteroatoms. The number of hydrogen-bond acceptors (Lipinski definition) is 4. The summed E-state index contributed by atoms with van der Waals surface area (Å²) in [4.78, 5) is 27.8. The minimum Gasteiger partial charge on any atom is -0.496 e. The van der Waals surface area contributed by atoms with Gasteiger partial charge in [-0.15, -0.1) is 0 Å². The Hall–Kier alpha value is -3.93. The number of nitrogens with zero attached hydrogens (tertiary/aromatic N) is 1. The van der Waals surface area contributed by atoms with E-state index in [0.717, 1.165) is 16.0 Å². The summed E-state index contributed by atoms with van der Waals surface area (Å²) in [6.45, 7) is 3.84. The van der Waals surface area contributed by atoms with E-state index in [9.17, 15) is 14.0 Å². The molecule has 0 radical (unpaired) electrons. The highest BCUT2D eigenvalue weighted by molar-refractivity contribution is 6.46. The number of nitrogens with one attached hydrogen (secondary N) is 1. The van der Waals surface area contributed by atoms with E-state index in [1.807, 2.05) is 32.0 Å². The zero-order valence-electron chi connectivity index (χ0n) is 17.4. The lowest BCUT2D eigenvalue weighted by atomic mass is 10.0. The summed E-state index contributed by atoms with van der Waals surface area (Å²) in [7, 11) is 1.49. The molecule has 31 heavy (non-hydrogen) atoms.